The van der Waals surface area contributed by atoms with E-state index in [1.807, 2.05) is 0 Å². The van der Waals surface area contributed by atoms with E-state index in [1.54, 1.807) is 13.0 Å². The van der Waals surface area contributed by atoms with Crippen molar-refractivity contribution in [2.24, 2.45) is 0 Å². The van der Waals surface area contributed by atoms with Crippen molar-refractivity contribution >= 4 is 27.3 Å². The molecule has 0 saturated heterocycles. The Morgan fingerprint density at radius 2 is 2.31 bits per heavy atom. The third-order valence-corrected chi connectivity index (χ3v) is 2.58. The Labute approximate surface area is 100 Å². The fourth-order valence-electron chi connectivity index (χ4n) is 1.11. The molecule has 1 N–H and O–H groups in total. The van der Waals surface area contributed by atoms with Gasteiger partial charge in [0.05, 0.1) is 9.40 Å². The maximum Gasteiger partial charge on any atom is 0.293 e. The average Bonchev–Trinajstić information content (AvgIpc) is 2.22. The van der Waals surface area contributed by atoms with E-state index < -0.39 is 10.7 Å². The predicted octanol–water partition coefficient (Wildman–Crippen LogP) is 3.48. The first-order chi connectivity index (χ1) is 7.45. The summed E-state index contributed by atoms with van der Waals surface area (Å²) in [5, 5.41) is 13.5. The number of benzene rings is 1. The molecule has 0 amide bonds. The lowest BCUT2D eigenvalue weighted by molar-refractivity contribution is -0.384. The highest BCUT2D eigenvalue weighted by molar-refractivity contribution is 9.10. The highest BCUT2D eigenvalue weighted by atomic mass is 79.9. The minimum absolute atomic E-state index is 0.0657. The van der Waals surface area contributed by atoms with Gasteiger partial charge in [-0.05, 0) is 22.9 Å². The first kappa shape index (κ1) is 12.6. The number of nitro benzene ring substituents is 1. The van der Waals surface area contributed by atoms with Gasteiger partial charge in [-0.3, -0.25) is 10.1 Å². The quantitative estimate of drug-likeness (QED) is 0.524. The number of hydrogen-bond donors (Lipinski definition) is 1. The number of halogens is 2. The van der Waals surface area contributed by atoms with Crippen LogP contribution in [-0.4, -0.2) is 11.0 Å². The molecule has 0 aliphatic rings. The molecule has 0 aliphatic heterocycles. The maximum atomic E-state index is 13.2. The summed E-state index contributed by atoms with van der Waals surface area (Å²) in [5.74, 6) is -0.552. The Balaban J connectivity index is 3.19. The van der Waals surface area contributed by atoms with E-state index in [2.05, 4.69) is 27.8 Å². The summed E-state index contributed by atoms with van der Waals surface area (Å²) in [6, 6.07) is 2.04. The van der Waals surface area contributed by atoms with Crippen molar-refractivity contribution in [3.8, 4) is 0 Å². The zero-order valence-electron chi connectivity index (χ0n) is 8.54. The molecule has 0 bridgehead atoms. The Bertz CT molecular complexity index is 437. The minimum Gasteiger partial charge on any atom is -0.374 e. The van der Waals surface area contributed by atoms with Gasteiger partial charge in [-0.2, -0.15) is 0 Å². The summed E-state index contributed by atoms with van der Waals surface area (Å²) < 4.78 is 13.3. The van der Waals surface area contributed by atoms with E-state index in [-0.39, 0.29) is 21.9 Å². The molecule has 0 fully saturated rings. The molecule has 0 spiro atoms. The molecule has 1 aromatic rings. The summed E-state index contributed by atoms with van der Waals surface area (Å²) in [5.41, 5.74) is -0.0416. The number of nitrogens with one attached hydrogen (secondary N) is 1. The van der Waals surface area contributed by atoms with Gasteiger partial charge < -0.3 is 5.32 Å². The van der Waals surface area contributed by atoms with Crippen LogP contribution in [0.4, 0.5) is 15.8 Å². The van der Waals surface area contributed by atoms with E-state index in [1.165, 1.54) is 0 Å². The Morgan fingerprint density at radius 3 is 2.81 bits per heavy atom. The van der Waals surface area contributed by atoms with Crippen LogP contribution < -0.4 is 5.32 Å². The molecule has 1 rings (SSSR count). The van der Waals surface area contributed by atoms with Crippen molar-refractivity contribution in [1.82, 2.24) is 0 Å². The molecule has 86 valence electrons. The molecule has 1 aromatic carbocycles. The van der Waals surface area contributed by atoms with Gasteiger partial charge in [0.15, 0.2) is 0 Å². The highest BCUT2D eigenvalue weighted by Gasteiger charge is 2.18. The van der Waals surface area contributed by atoms with E-state index >= 15 is 0 Å². The van der Waals surface area contributed by atoms with Crippen LogP contribution in [0.1, 0.15) is 6.92 Å². The second-order valence-electron chi connectivity index (χ2n) is 3.21. The molecule has 0 saturated carbocycles. The van der Waals surface area contributed by atoms with Crippen LogP contribution in [0.3, 0.4) is 0 Å². The summed E-state index contributed by atoms with van der Waals surface area (Å²) in [4.78, 5) is 10.2. The molecule has 6 heteroatoms. The largest absolute Gasteiger partial charge is 0.374 e. The van der Waals surface area contributed by atoms with Crippen LogP contribution >= 0.6 is 15.9 Å². The molecule has 1 atom stereocenters. The zero-order valence-corrected chi connectivity index (χ0v) is 10.1. The second kappa shape index (κ2) is 5.07. The first-order valence-corrected chi connectivity index (χ1v) is 5.27. The number of anilines is 1. The molecule has 0 heterocycles. The fraction of sp³-hybridized carbons (Fsp3) is 0.200. The summed E-state index contributed by atoms with van der Waals surface area (Å²) in [7, 11) is 0. The lowest BCUT2D eigenvalue weighted by Crippen LogP contribution is -2.13. The van der Waals surface area contributed by atoms with Crippen molar-refractivity contribution in [1.29, 1.82) is 0 Å². The van der Waals surface area contributed by atoms with Gasteiger partial charge in [0, 0.05) is 18.2 Å². The van der Waals surface area contributed by atoms with Crippen molar-refractivity contribution in [3.63, 3.8) is 0 Å². The Morgan fingerprint density at radius 1 is 1.69 bits per heavy atom. The molecule has 0 radical (unpaired) electrons. The Kier molecular flexibility index (Phi) is 4.00. The van der Waals surface area contributed by atoms with Crippen molar-refractivity contribution in [2.75, 3.05) is 5.32 Å². The molecule has 0 aliphatic carbocycles. The molecular weight excluding hydrogens is 279 g/mol. The monoisotopic (exact) mass is 288 g/mol. The average molecular weight is 289 g/mol. The smallest absolute Gasteiger partial charge is 0.293 e. The van der Waals surface area contributed by atoms with Crippen LogP contribution in [0.2, 0.25) is 0 Å². The van der Waals surface area contributed by atoms with Crippen LogP contribution in [0.25, 0.3) is 0 Å². The minimum atomic E-state index is -0.567. The van der Waals surface area contributed by atoms with Gasteiger partial charge in [0.25, 0.3) is 5.69 Å². The Hall–Kier alpha value is -1.43. The predicted molar refractivity (Wildman–Crippen MR) is 64.0 cm³/mol. The first-order valence-electron chi connectivity index (χ1n) is 4.48. The molecule has 0 aromatic heterocycles. The summed E-state index contributed by atoms with van der Waals surface area (Å²) in [6.45, 7) is 5.30. The van der Waals surface area contributed by atoms with Crippen LogP contribution in [-0.2, 0) is 0 Å². The van der Waals surface area contributed by atoms with Crippen molar-refractivity contribution in [2.45, 2.75) is 13.0 Å². The topological polar surface area (TPSA) is 55.2 Å². The van der Waals surface area contributed by atoms with Crippen LogP contribution in [0, 0.1) is 15.9 Å². The molecule has 4 nitrogen and oxygen atoms in total. The van der Waals surface area contributed by atoms with E-state index in [4.69, 9.17) is 0 Å². The third-order valence-electron chi connectivity index (χ3n) is 1.97. The van der Waals surface area contributed by atoms with Crippen LogP contribution in [0.15, 0.2) is 29.3 Å². The lowest BCUT2D eigenvalue weighted by atomic mass is 10.2. The van der Waals surface area contributed by atoms with Crippen molar-refractivity contribution in [3.05, 3.63) is 45.2 Å². The van der Waals surface area contributed by atoms with E-state index in [0.717, 1.165) is 12.1 Å². The maximum absolute atomic E-state index is 13.2. The van der Waals surface area contributed by atoms with Gasteiger partial charge in [-0.25, -0.2) is 4.39 Å². The molecular formula is C10H10BrFN2O2. The fourth-order valence-corrected chi connectivity index (χ4v) is 1.44. The normalized spacial score (nSPS) is 11.9. The van der Waals surface area contributed by atoms with Gasteiger partial charge in [0.1, 0.15) is 11.5 Å². The SMILES string of the molecule is C=CC(C)Nc1cc(F)c(Br)cc1[N+](=O)[O-]. The standard InChI is InChI=1S/C10H10BrFN2O2/c1-3-6(2)13-9-5-8(12)7(11)4-10(9)14(15)16/h3-6,13H,1H2,2H3. The third kappa shape index (κ3) is 2.79. The summed E-state index contributed by atoms with van der Waals surface area (Å²) >= 11 is 2.90. The highest BCUT2D eigenvalue weighted by Crippen LogP contribution is 2.30. The number of nitrogens with zero attached hydrogens (tertiary/aromatic N) is 1. The van der Waals surface area contributed by atoms with Gasteiger partial charge in [-0.1, -0.05) is 6.08 Å². The van der Waals surface area contributed by atoms with Gasteiger partial charge in [0.2, 0.25) is 0 Å². The molecule has 1 unspecified atom stereocenters. The number of hydrogen-bond acceptors (Lipinski definition) is 3. The van der Waals surface area contributed by atoms with Crippen molar-refractivity contribution < 1.29 is 9.31 Å². The second-order valence-corrected chi connectivity index (χ2v) is 4.06. The lowest BCUT2D eigenvalue weighted by Gasteiger charge is -2.11. The number of rotatable bonds is 4. The van der Waals surface area contributed by atoms with E-state index in [0.29, 0.717) is 0 Å². The summed E-state index contributed by atoms with van der Waals surface area (Å²) in [6.07, 6.45) is 1.57. The van der Waals surface area contributed by atoms with Crippen LogP contribution in [0.5, 0.6) is 0 Å². The number of nitro groups is 1. The molecule has 16 heavy (non-hydrogen) atoms. The van der Waals surface area contributed by atoms with Gasteiger partial charge in [-0.15, -0.1) is 6.58 Å². The van der Waals surface area contributed by atoms with E-state index in [9.17, 15) is 14.5 Å². The zero-order chi connectivity index (χ0) is 12.3. The van der Waals surface area contributed by atoms with Gasteiger partial charge >= 0.3 is 0 Å².